The minimum atomic E-state index is -0.282. The van der Waals surface area contributed by atoms with Crippen molar-refractivity contribution in [2.75, 3.05) is 18.5 Å². The van der Waals surface area contributed by atoms with Gasteiger partial charge >= 0.3 is 0 Å². The van der Waals surface area contributed by atoms with E-state index in [2.05, 4.69) is 5.32 Å². The van der Waals surface area contributed by atoms with Gasteiger partial charge in [0, 0.05) is 24.3 Å². The van der Waals surface area contributed by atoms with Crippen molar-refractivity contribution < 1.29 is 14.3 Å². The van der Waals surface area contributed by atoms with Gasteiger partial charge in [0.1, 0.15) is 11.5 Å². The van der Waals surface area contributed by atoms with Crippen LogP contribution in [0.5, 0.6) is 11.5 Å². The number of nitrogens with one attached hydrogen (secondary N) is 1. The summed E-state index contributed by atoms with van der Waals surface area (Å²) < 4.78 is 12.5. The van der Waals surface area contributed by atoms with Gasteiger partial charge in [0.2, 0.25) is 0 Å². The molecule has 1 amide bonds. The molecule has 134 valence electrons. The molecule has 1 aromatic heterocycles. The maximum absolute atomic E-state index is 12.2. The van der Waals surface area contributed by atoms with E-state index in [0.29, 0.717) is 28.8 Å². The van der Waals surface area contributed by atoms with Gasteiger partial charge in [0.05, 0.1) is 12.0 Å². The molecular weight excluding hydrogens is 332 g/mol. The number of aromatic nitrogens is 1. The Kier molecular flexibility index (Phi) is 5.22. The molecule has 3 aromatic rings. The number of rotatable bonds is 6. The number of benzene rings is 2. The Balaban J connectivity index is 1.67. The molecule has 0 atom stereocenters. The van der Waals surface area contributed by atoms with Gasteiger partial charge in [-0.1, -0.05) is 6.07 Å². The van der Waals surface area contributed by atoms with Gasteiger partial charge < -0.3 is 19.4 Å². The summed E-state index contributed by atoms with van der Waals surface area (Å²) in [5, 5.41) is 4.00. The van der Waals surface area contributed by atoms with Crippen LogP contribution < -0.4 is 20.3 Å². The lowest BCUT2D eigenvalue weighted by Crippen LogP contribution is -2.20. The first-order chi connectivity index (χ1) is 12.6. The average molecular weight is 352 g/mol. The van der Waals surface area contributed by atoms with Crippen molar-refractivity contribution in [3.8, 4) is 11.5 Å². The summed E-state index contributed by atoms with van der Waals surface area (Å²) in [6.45, 7) is 2.35. The number of nitrogens with zero attached hydrogens (tertiary/aromatic N) is 1. The van der Waals surface area contributed by atoms with E-state index in [4.69, 9.17) is 9.47 Å². The highest BCUT2D eigenvalue weighted by Crippen LogP contribution is 2.23. The molecule has 0 saturated carbocycles. The first kappa shape index (κ1) is 17.5. The molecule has 1 heterocycles. The number of pyridine rings is 1. The molecule has 0 aliphatic rings. The van der Waals surface area contributed by atoms with Crippen LogP contribution in [0.2, 0.25) is 0 Å². The summed E-state index contributed by atoms with van der Waals surface area (Å²) in [5.74, 6) is 0.969. The molecule has 0 fully saturated rings. The molecule has 6 nitrogen and oxygen atoms in total. The molecular formula is C20H20N2O4. The largest absolute Gasteiger partial charge is 0.494 e. The second kappa shape index (κ2) is 7.74. The highest BCUT2D eigenvalue weighted by atomic mass is 16.5. The number of anilines is 1. The Morgan fingerprint density at radius 3 is 2.54 bits per heavy atom. The van der Waals surface area contributed by atoms with Crippen molar-refractivity contribution in [1.29, 1.82) is 0 Å². The standard InChI is InChI=1S/C20H20N2O4/c1-3-25-15-9-7-14(8-10-15)21-19(23)13-26-18-6-4-5-17-16(18)11-12-22(2)20(17)24/h4-12H,3,13H2,1-2H3,(H,21,23). The van der Waals surface area contributed by atoms with Gasteiger partial charge in [0.25, 0.3) is 11.5 Å². The van der Waals surface area contributed by atoms with Crippen LogP contribution in [-0.2, 0) is 11.8 Å². The first-order valence-electron chi connectivity index (χ1n) is 8.32. The maximum Gasteiger partial charge on any atom is 0.262 e. The number of carbonyl (C=O) groups excluding carboxylic acids is 1. The van der Waals surface area contributed by atoms with Crippen LogP contribution in [0.1, 0.15) is 6.92 Å². The fourth-order valence-electron chi connectivity index (χ4n) is 2.61. The van der Waals surface area contributed by atoms with Crippen LogP contribution in [0.4, 0.5) is 5.69 Å². The number of ether oxygens (including phenoxy) is 2. The van der Waals surface area contributed by atoms with Gasteiger partial charge in [-0.25, -0.2) is 0 Å². The first-order valence-corrected chi connectivity index (χ1v) is 8.32. The van der Waals surface area contributed by atoms with E-state index in [-0.39, 0.29) is 18.1 Å². The van der Waals surface area contributed by atoms with E-state index >= 15 is 0 Å². The third-order valence-electron chi connectivity index (χ3n) is 3.89. The van der Waals surface area contributed by atoms with E-state index < -0.39 is 0 Å². The van der Waals surface area contributed by atoms with Crippen molar-refractivity contribution in [3.63, 3.8) is 0 Å². The predicted molar refractivity (Wildman–Crippen MR) is 101 cm³/mol. The molecule has 0 saturated heterocycles. The van der Waals surface area contributed by atoms with Crippen LogP contribution in [-0.4, -0.2) is 23.7 Å². The van der Waals surface area contributed by atoms with Crippen molar-refractivity contribution in [2.24, 2.45) is 7.05 Å². The van der Waals surface area contributed by atoms with Gasteiger partial charge in [-0.3, -0.25) is 9.59 Å². The Morgan fingerprint density at radius 1 is 1.04 bits per heavy atom. The number of amides is 1. The predicted octanol–water partition coefficient (Wildman–Crippen LogP) is 2.95. The summed E-state index contributed by atoms with van der Waals surface area (Å²) in [6.07, 6.45) is 1.68. The highest BCUT2D eigenvalue weighted by molar-refractivity contribution is 5.92. The lowest BCUT2D eigenvalue weighted by molar-refractivity contribution is -0.118. The van der Waals surface area contributed by atoms with Crippen molar-refractivity contribution in [3.05, 3.63) is 65.1 Å². The summed E-state index contributed by atoms with van der Waals surface area (Å²) in [4.78, 5) is 24.3. The van der Waals surface area contributed by atoms with Gasteiger partial charge in [0.15, 0.2) is 6.61 Å². The zero-order valence-corrected chi connectivity index (χ0v) is 14.7. The monoisotopic (exact) mass is 352 g/mol. The quantitative estimate of drug-likeness (QED) is 0.740. The van der Waals surface area contributed by atoms with E-state index in [0.717, 1.165) is 5.75 Å². The van der Waals surface area contributed by atoms with Crippen LogP contribution in [0, 0.1) is 0 Å². The van der Waals surface area contributed by atoms with Crippen molar-refractivity contribution >= 4 is 22.4 Å². The molecule has 3 rings (SSSR count). The van der Waals surface area contributed by atoms with E-state index in [1.54, 1.807) is 61.8 Å². The van der Waals surface area contributed by atoms with Crippen molar-refractivity contribution in [2.45, 2.75) is 6.92 Å². The normalized spacial score (nSPS) is 10.5. The van der Waals surface area contributed by atoms with E-state index in [1.165, 1.54) is 4.57 Å². The Morgan fingerprint density at radius 2 is 1.81 bits per heavy atom. The molecule has 0 spiro atoms. The SMILES string of the molecule is CCOc1ccc(NC(=O)COc2cccc3c(=O)n(C)ccc23)cc1. The number of hydrogen-bond donors (Lipinski definition) is 1. The average Bonchev–Trinajstić information content (AvgIpc) is 2.65. The second-order valence-corrected chi connectivity index (χ2v) is 5.74. The second-order valence-electron chi connectivity index (χ2n) is 5.74. The molecule has 0 aliphatic carbocycles. The van der Waals surface area contributed by atoms with Crippen LogP contribution in [0.3, 0.4) is 0 Å². The summed E-state index contributed by atoms with van der Waals surface area (Å²) in [5.41, 5.74) is 0.556. The molecule has 0 unspecified atom stereocenters. The lowest BCUT2D eigenvalue weighted by Gasteiger charge is -2.11. The smallest absolute Gasteiger partial charge is 0.262 e. The Labute approximate surface area is 151 Å². The summed E-state index contributed by atoms with van der Waals surface area (Å²) in [6, 6.07) is 14.1. The molecule has 0 aliphatic heterocycles. The van der Waals surface area contributed by atoms with Gasteiger partial charge in [-0.2, -0.15) is 0 Å². The minimum absolute atomic E-state index is 0.105. The molecule has 2 aromatic carbocycles. The fourth-order valence-corrected chi connectivity index (χ4v) is 2.61. The molecule has 0 bridgehead atoms. The van der Waals surface area contributed by atoms with Gasteiger partial charge in [-0.05, 0) is 49.4 Å². The third kappa shape index (κ3) is 3.85. The summed E-state index contributed by atoms with van der Waals surface area (Å²) >= 11 is 0. The topological polar surface area (TPSA) is 69.6 Å². The van der Waals surface area contributed by atoms with E-state index in [9.17, 15) is 9.59 Å². The third-order valence-corrected chi connectivity index (χ3v) is 3.89. The molecule has 1 N–H and O–H groups in total. The van der Waals surface area contributed by atoms with Gasteiger partial charge in [-0.15, -0.1) is 0 Å². The highest BCUT2D eigenvalue weighted by Gasteiger charge is 2.09. The van der Waals surface area contributed by atoms with Crippen LogP contribution >= 0.6 is 0 Å². The Bertz CT molecular complexity index is 977. The lowest BCUT2D eigenvalue weighted by atomic mass is 10.1. The van der Waals surface area contributed by atoms with Crippen LogP contribution in [0.25, 0.3) is 10.8 Å². The maximum atomic E-state index is 12.2. The number of hydrogen-bond acceptors (Lipinski definition) is 4. The van der Waals surface area contributed by atoms with Crippen molar-refractivity contribution in [1.82, 2.24) is 4.57 Å². The molecule has 0 radical (unpaired) electrons. The minimum Gasteiger partial charge on any atom is -0.494 e. The summed E-state index contributed by atoms with van der Waals surface area (Å²) in [7, 11) is 1.69. The number of carbonyl (C=O) groups is 1. The zero-order valence-electron chi connectivity index (χ0n) is 14.7. The Hall–Kier alpha value is -3.28. The molecule has 26 heavy (non-hydrogen) atoms. The number of aryl methyl sites for hydroxylation is 1. The van der Waals surface area contributed by atoms with Crippen LogP contribution in [0.15, 0.2) is 59.5 Å². The molecule has 6 heteroatoms. The number of fused-ring (bicyclic) bond motifs is 1. The fraction of sp³-hybridized carbons (Fsp3) is 0.200. The van der Waals surface area contributed by atoms with E-state index in [1.807, 2.05) is 6.92 Å². The zero-order chi connectivity index (χ0) is 18.5.